The summed E-state index contributed by atoms with van der Waals surface area (Å²) in [6, 6.07) is 9.06. The predicted octanol–water partition coefficient (Wildman–Crippen LogP) is 2.53. The third kappa shape index (κ3) is 4.89. The first-order chi connectivity index (χ1) is 14.0. The molecule has 0 aliphatic carbocycles. The quantitative estimate of drug-likeness (QED) is 0.623. The van der Waals surface area contributed by atoms with Gasteiger partial charge >= 0.3 is 0 Å². The van der Waals surface area contributed by atoms with Crippen molar-refractivity contribution in [2.75, 3.05) is 5.32 Å². The Hall–Kier alpha value is -3.11. The van der Waals surface area contributed by atoms with Crippen molar-refractivity contribution in [3.8, 4) is 5.95 Å². The van der Waals surface area contributed by atoms with E-state index in [9.17, 15) is 13.2 Å². The summed E-state index contributed by atoms with van der Waals surface area (Å²) in [5, 5.41) is 7.17. The molecule has 0 atom stereocenters. The molecule has 0 unspecified atom stereocenters. The molecular formula is C20H24N6O3S. The van der Waals surface area contributed by atoms with Crippen LogP contribution in [0.1, 0.15) is 41.3 Å². The molecule has 1 aromatic carbocycles. The fourth-order valence-corrected chi connectivity index (χ4v) is 4.15. The monoisotopic (exact) mass is 428 g/mol. The summed E-state index contributed by atoms with van der Waals surface area (Å²) in [5.74, 6) is 0.374. The molecule has 9 nitrogen and oxygen atoms in total. The van der Waals surface area contributed by atoms with Crippen molar-refractivity contribution in [1.29, 1.82) is 0 Å². The van der Waals surface area contributed by atoms with Gasteiger partial charge in [-0.15, -0.1) is 0 Å². The molecule has 0 saturated heterocycles. The van der Waals surface area contributed by atoms with Gasteiger partial charge in [-0.1, -0.05) is 0 Å². The molecule has 3 rings (SSSR count). The highest BCUT2D eigenvalue weighted by Crippen LogP contribution is 2.17. The lowest BCUT2D eigenvalue weighted by molar-refractivity contribution is 0.102. The van der Waals surface area contributed by atoms with Crippen LogP contribution in [0.25, 0.3) is 5.95 Å². The minimum atomic E-state index is -3.62. The van der Waals surface area contributed by atoms with Gasteiger partial charge in [-0.25, -0.2) is 23.1 Å². The summed E-state index contributed by atoms with van der Waals surface area (Å²) < 4.78 is 28.5. The average molecular weight is 429 g/mol. The van der Waals surface area contributed by atoms with Gasteiger partial charge in [0.25, 0.3) is 11.9 Å². The Morgan fingerprint density at radius 1 is 0.967 bits per heavy atom. The number of nitrogens with one attached hydrogen (secondary N) is 2. The van der Waals surface area contributed by atoms with Crippen LogP contribution in [0.15, 0.2) is 41.3 Å². The van der Waals surface area contributed by atoms with E-state index in [1.54, 1.807) is 26.8 Å². The number of aryl methyl sites for hydroxylation is 3. The summed E-state index contributed by atoms with van der Waals surface area (Å²) in [6.07, 6.45) is 0. The van der Waals surface area contributed by atoms with E-state index < -0.39 is 15.9 Å². The third-order valence-corrected chi connectivity index (χ3v) is 5.73. The Kier molecular flexibility index (Phi) is 5.99. The highest BCUT2D eigenvalue weighted by atomic mass is 32.2. The number of carbonyl (C=O) groups is 1. The van der Waals surface area contributed by atoms with Crippen LogP contribution in [0, 0.1) is 20.8 Å². The van der Waals surface area contributed by atoms with Crippen LogP contribution in [0.5, 0.6) is 0 Å². The molecule has 0 bridgehead atoms. The Labute approximate surface area is 175 Å². The van der Waals surface area contributed by atoms with E-state index in [4.69, 9.17) is 0 Å². The van der Waals surface area contributed by atoms with Crippen LogP contribution in [-0.4, -0.2) is 40.1 Å². The van der Waals surface area contributed by atoms with Crippen LogP contribution in [0.2, 0.25) is 0 Å². The van der Waals surface area contributed by atoms with Gasteiger partial charge in [-0.05, 0) is 65.0 Å². The number of aromatic nitrogens is 4. The highest BCUT2D eigenvalue weighted by molar-refractivity contribution is 7.89. The molecule has 158 valence electrons. The fourth-order valence-electron chi connectivity index (χ4n) is 2.90. The molecule has 0 aliphatic rings. The summed E-state index contributed by atoms with van der Waals surface area (Å²) in [6.45, 7) is 9.00. The number of benzene rings is 1. The van der Waals surface area contributed by atoms with Crippen LogP contribution in [-0.2, 0) is 10.0 Å². The highest BCUT2D eigenvalue weighted by Gasteiger charge is 2.18. The summed E-state index contributed by atoms with van der Waals surface area (Å²) in [5.41, 5.74) is 2.57. The molecule has 2 N–H and O–H groups in total. The van der Waals surface area contributed by atoms with E-state index >= 15 is 0 Å². The zero-order valence-electron chi connectivity index (χ0n) is 17.5. The Morgan fingerprint density at radius 2 is 1.57 bits per heavy atom. The van der Waals surface area contributed by atoms with Crippen LogP contribution < -0.4 is 10.0 Å². The number of rotatable bonds is 6. The summed E-state index contributed by atoms with van der Waals surface area (Å²) in [7, 11) is -3.62. The van der Waals surface area contributed by atoms with Crippen molar-refractivity contribution < 1.29 is 13.2 Å². The largest absolute Gasteiger partial charge is 0.306 e. The Balaban J connectivity index is 1.85. The molecule has 0 saturated carbocycles. The molecule has 0 aliphatic heterocycles. The van der Waals surface area contributed by atoms with Crippen LogP contribution in [0.3, 0.4) is 0 Å². The molecule has 30 heavy (non-hydrogen) atoms. The van der Waals surface area contributed by atoms with E-state index in [0.29, 0.717) is 23.0 Å². The minimum absolute atomic E-state index is 0.0947. The fraction of sp³-hybridized carbons (Fsp3) is 0.300. The van der Waals surface area contributed by atoms with Gasteiger partial charge in [0.2, 0.25) is 10.0 Å². The number of hydrogen-bond donors (Lipinski definition) is 2. The molecular weight excluding hydrogens is 404 g/mol. The minimum Gasteiger partial charge on any atom is -0.306 e. The first-order valence-electron chi connectivity index (χ1n) is 9.38. The number of carbonyl (C=O) groups excluding carboxylic acids is 1. The van der Waals surface area contributed by atoms with Crippen molar-refractivity contribution in [3.63, 3.8) is 0 Å². The lowest BCUT2D eigenvalue weighted by Crippen LogP contribution is -2.30. The number of anilines is 1. The van der Waals surface area contributed by atoms with Crippen molar-refractivity contribution in [2.24, 2.45) is 0 Å². The van der Waals surface area contributed by atoms with Gasteiger partial charge in [0.15, 0.2) is 0 Å². The van der Waals surface area contributed by atoms with Gasteiger partial charge in [0.1, 0.15) is 5.82 Å². The second-order valence-electron chi connectivity index (χ2n) is 7.29. The second kappa shape index (κ2) is 8.33. The van der Waals surface area contributed by atoms with Crippen molar-refractivity contribution in [3.05, 3.63) is 59.0 Å². The number of sulfonamides is 1. The molecule has 10 heteroatoms. The van der Waals surface area contributed by atoms with Crippen molar-refractivity contribution in [1.82, 2.24) is 24.5 Å². The topological polar surface area (TPSA) is 119 Å². The SMILES string of the molecule is Cc1cc(C)nc(-n2nc(C)cc2NC(=O)c2ccc(S(=O)(=O)NC(C)C)cc2)n1. The number of amides is 1. The normalized spacial score (nSPS) is 11.7. The maximum Gasteiger partial charge on any atom is 0.256 e. The van der Waals surface area contributed by atoms with Gasteiger partial charge in [0, 0.05) is 29.1 Å². The number of nitrogens with zero attached hydrogens (tertiary/aromatic N) is 4. The van der Waals surface area contributed by atoms with E-state index in [0.717, 1.165) is 11.4 Å². The van der Waals surface area contributed by atoms with Crippen LogP contribution in [0.4, 0.5) is 5.82 Å². The average Bonchev–Trinajstić information content (AvgIpc) is 3.00. The van der Waals surface area contributed by atoms with Gasteiger partial charge in [-0.3, -0.25) is 4.79 Å². The van der Waals surface area contributed by atoms with Crippen molar-refractivity contribution >= 4 is 21.7 Å². The molecule has 0 fully saturated rings. The smallest absolute Gasteiger partial charge is 0.256 e. The third-order valence-electron chi connectivity index (χ3n) is 4.05. The van der Waals surface area contributed by atoms with Gasteiger partial charge in [-0.2, -0.15) is 9.78 Å². The van der Waals surface area contributed by atoms with E-state index in [2.05, 4.69) is 25.1 Å². The lowest BCUT2D eigenvalue weighted by atomic mass is 10.2. The van der Waals surface area contributed by atoms with E-state index in [-0.39, 0.29) is 10.9 Å². The van der Waals surface area contributed by atoms with E-state index in [1.807, 2.05) is 19.9 Å². The molecule has 0 radical (unpaired) electrons. The summed E-state index contributed by atoms with van der Waals surface area (Å²) in [4.78, 5) is 21.6. The first-order valence-corrected chi connectivity index (χ1v) is 10.9. The Bertz CT molecular complexity index is 1160. The molecule has 3 aromatic rings. The molecule has 1 amide bonds. The number of hydrogen-bond acceptors (Lipinski definition) is 6. The zero-order chi connectivity index (χ0) is 22.1. The first kappa shape index (κ1) is 21.6. The van der Waals surface area contributed by atoms with Crippen LogP contribution >= 0.6 is 0 Å². The maximum absolute atomic E-state index is 12.7. The van der Waals surface area contributed by atoms with Crippen molar-refractivity contribution in [2.45, 2.75) is 45.6 Å². The molecule has 0 spiro atoms. The lowest BCUT2D eigenvalue weighted by Gasteiger charge is -2.11. The summed E-state index contributed by atoms with van der Waals surface area (Å²) >= 11 is 0. The Morgan fingerprint density at radius 3 is 2.13 bits per heavy atom. The predicted molar refractivity (Wildman–Crippen MR) is 113 cm³/mol. The second-order valence-corrected chi connectivity index (χ2v) is 9.00. The standard InChI is InChI=1S/C20H24N6O3S/c1-12(2)25-30(28,29)17-8-6-16(7-9-17)19(27)23-18-11-15(5)24-26(18)20-21-13(3)10-14(4)22-20/h6-12,25H,1-5H3,(H,23,27). The molecule has 2 aromatic heterocycles. The molecule has 2 heterocycles. The van der Waals surface area contributed by atoms with Gasteiger partial charge in [0.05, 0.1) is 10.6 Å². The van der Waals surface area contributed by atoms with E-state index in [1.165, 1.54) is 28.9 Å². The maximum atomic E-state index is 12.7. The van der Waals surface area contributed by atoms with Gasteiger partial charge < -0.3 is 5.32 Å². The zero-order valence-corrected chi connectivity index (χ0v) is 18.3.